The first-order valence-electron chi connectivity index (χ1n) is 8.11. The molecule has 0 saturated heterocycles. The van der Waals surface area contributed by atoms with Gasteiger partial charge < -0.3 is 11.1 Å². The van der Waals surface area contributed by atoms with Crippen LogP contribution in [0, 0.1) is 0 Å². The molecule has 0 bridgehead atoms. The van der Waals surface area contributed by atoms with Crippen molar-refractivity contribution in [2.75, 3.05) is 5.32 Å². The minimum absolute atomic E-state index is 0.269. The number of hydrogen-bond donors (Lipinski definition) is 2. The Balaban J connectivity index is 1.79. The molecule has 3 N–H and O–H groups in total. The van der Waals surface area contributed by atoms with Crippen molar-refractivity contribution in [1.29, 1.82) is 0 Å². The summed E-state index contributed by atoms with van der Waals surface area (Å²) in [6.45, 7) is 0. The normalized spacial score (nSPS) is 10.3. The lowest BCUT2D eigenvalue weighted by Crippen LogP contribution is -2.18. The molecule has 0 aliphatic carbocycles. The van der Waals surface area contributed by atoms with Gasteiger partial charge in [-0.1, -0.05) is 54.6 Å². The predicted octanol–water partition coefficient (Wildman–Crippen LogP) is 4.33. The molecule has 26 heavy (non-hydrogen) atoms. The van der Waals surface area contributed by atoms with Crippen molar-refractivity contribution in [3.8, 4) is 0 Å². The van der Waals surface area contributed by atoms with Gasteiger partial charge in [-0.25, -0.2) is 0 Å². The van der Waals surface area contributed by atoms with E-state index in [0.717, 1.165) is 10.6 Å². The van der Waals surface area contributed by atoms with Gasteiger partial charge in [0.05, 0.1) is 16.8 Å². The Morgan fingerprint density at radius 2 is 1.42 bits per heavy atom. The van der Waals surface area contributed by atoms with Gasteiger partial charge >= 0.3 is 0 Å². The van der Waals surface area contributed by atoms with Crippen molar-refractivity contribution in [3.05, 3.63) is 95.6 Å². The number of amides is 2. The highest BCUT2D eigenvalue weighted by molar-refractivity contribution is 7.98. The van der Waals surface area contributed by atoms with Crippen LogP contribution in [0.5, 0.6) is 0 Å². The van der Waals surface area contributed by atoms with Crippen molar-refractivity contribution in [2.45, 2.75) is 10.6 Å². The molecule has 0 radical (unpaired) electrons. The van der Waals surface area contributed by atoms with Crippen molar-refractivity contribution >= 4 is 29.3 Å². The van der Waals surface area contributed by atoms with Gasteiger partial charge in [-0.2, -0.15) is 0 Å². The maximum absolute atomic E-state index is 12.7. The molecule has 0 aromatic heterocycles. The number of hydrogen-bond acceptors (Lipinski definition) is 3. The van der Waals surface area contributed by atoms with Crippen LogP contribution in [-0.4, -0.2) is 11.8 Å². The second kappa shape index (κ2) is 8.36. The molecule has 0 unspecified atom stereocenters. The van der Waals surface area contributed by atoms with Crippen LogP contribution in [0.25, 0.3) is 0 Å². The number of nitrogens with one attached hydrogen (secondary N) is 1. The average Bonchev–Trinajstić information content (AvgIpc) is 2.67. The summed E-state index contributed by atoms with van der Waals surface area (Å²) in [6, 6.07) is 24.2. The van der Waals surface area contributed by atoms with Crippen LogP contribution >= 0.6 is 11.8 Å². The first kappa shape index (κ1) is 17.8. The molecule has 3 rings (SSSR count). The molecule has 2 amide bonds. The fraction of sp³-hybridized carbons (Fsp3) is 0.0476. The van der Waals surface area contributed by atoms with E-state index in [1.54, 1.807) is 42.1 Å². The monoisotopic (exact) mass is 362 g/mol. The van der Waals surface area contributed by atoms with Gasteiger partial charge in [0, 0.05) is 10.6 Å². The summed E-state index contributed by atoms with van der Waals surface area (Å²) in [7, 11) is 0. The van der Waals surface area contributed by atoms with Crippen LogP contribution in [0.15, 0.2) is 83.8 Å². The minimum atomic E-state index is -0.576. The average molecular weight is 362 g/mol. The van der Waals surface area contributed by atoms with Crippen molar-refractivity contribution in [2.24, 2.45) is 5.73 Å². The molecule has 0 saturated carbocycles. The quantitative estimate of drug-likeness (QED) is 0.641. The summed E-state index contributed by atoms with van der Waals surface area (Å²) in [5.41, 5.74) is 7.82. The summed E-state index contributed by atoms with van der Waals surface area (Å²) in [4.78, 5) is 25.2. The van der Waals surface area contributed by atoms with Crippen LogP contribution in [0.1, 0.15) is 26.3 Å². The topological polar surface area (TPSA) is 72.2 Å². The van der Waals surface area contributed by atoms with Crippen molar-refractivity contribution in [1.82, 2.24) is 0 Å². The molecule has 5 heteroatoms. The van der Waals surface area contributed by atoms with Crippen LogP contribution in [0.3, 0.4) is 0 Å². The number of benzene rings is 3. The van der Waals surface area contributed by atoms with E-state index in [0.29, 0.717) is 11.3 Å². The number of carbonyl (C=O) groups excluding carboxylic acids is 2. The van der Waals surface area contributed by atoms with Crippen molar-refractivity contribution < 1.29 is 9.59 Å². The van der Waals surface area contributed by atoms with Crippen LogP contribution in [0.2, 0.25) is 0 Å². The minimum Gasteiger partial charge on any atom is -0.366 e. The smallest absolute Gasteiger partial charge is 0.256 e. The van der Waals surface area contributed by atoms with Crippen molar-refractivity contribution in [3.63, 3.8) is 0 Å². The third-order valence-corrected chi connectivity index (χ3v) is 4.95. The molecule has 130 valence electrons. The molecule has 0 spiro atoms. The Morgan fingerprint density at radius 3 is 2.15 bits per heavy atom. The van der Waals surface area contributed by atoms with Gasteiger partial charge in [-0.15, -0.1) is 11.8 Å². The van der Waals surface area contributed by atoms with Gasteiger partial charge in [0.2, 0.25) is 0 Å². The fourth-order valence-corrected chi connectivity index (χ4v) is 3.52. The molecule has 0 fully saturated rings. The highest BCUT2D eigenvalue weighted by Crippen LogP contribution is 2.27. The van der Waals surface area contributed by atoms with E-state index in [2.05, 4.69) is 17.4 Å². The Kier molecular flexibility index (Phi) is 5.71. The van der Waals surface area contributed by atoms with E-state index in [4.69, 9.17) is 5.73 Å². The molecule has 3 aromatic carbocycles. The maximum atomic E-state index is 12.7. The maximum Gasteiger partial charge on any atom is 0.256 e. The lowest BCUT2D eigenvalue weighted by Gasteiger charge is -2.12. The molecule has 0 aliphatic rings. The zero-order valence-electron chi connectivity index (χ0n) is 14.0. The molecular weight excluding hydrogens is 344 g/mol. The number of anilines is 1. The van der Waals surface area contributed by atoms with E-state index < -0.39 is 5.91 Å². The zero-order valence-corrected chi connectivity index (χ0v) is 14.8. The standard InChI is InChI=1S/C21H18N2O2S/c22-20(24)16-10-4-6-12-18(16)23-21(25)17-11-5-7-13-19(17)26-14-15-8-2-1-3-9-15/h1-13H,14H2,(H2,22,24)(H,23,25). The Bertz CT molecular complexity index is 926. The largest absolute Gasteiger partial charge is 0.366 e. The number of rotatable bonds is 6. The van der Waals surface area contributed by atoms with E-state index in [-0.39, 0.29) is 11.5 Å². The molecule has 3 aromatic rings. The Morgan fingerprint density at radius 1 is 0.808 bits per heavy atom. The Labute approximate surface area is 156 Å². The number of para-hydroxylation sites is 1. The van der Waals surface area contributed by atoms with Gasteiger partial charge in [-0.05, 0) is 29.8 Å². The summed E-state index contributed by atoms with van der Waals surface area (Å²) in [5.74, 6) is -0.0780. The van der Waals surface area contributed by atoms with E-state index in [1.165, 1.54) is 5.56 Å². The van der Waals surface area contributed by atoms with Gasteiger partial charge in [-0.3, -0.25) is 9.59 Å². The molecular formula is C21H18N2O2S. The summed E-state index contributed by atoms with van der Waals surface area (Å²) >= 11 is 1.60. The summed E-state index contributed by atoms with van der Waals surface area (Å²) < 4.78 is 0. The summed E-state index contributed by atoms with van der Waals surface area (Å²) in [5, 5.41) is 2.79. The lowest BCUT2D eigenvalue weighted by atomic mass is 10.1. The number of primary amides is 1. The predicted molar refractivity (Wildman–Crippen MR) is 105 cm³/mol. The Hall–Kier alpha value is -3.05. The molecule has 0 atom stereocenters. The zero-order chi connectivity index (χ0) is 18.4. The first-order valence-corrected chi connectivity index (χ1v) is 9.09. The number of nitrogens with two attached hydrogens (primary N) is 1. The number of carbonyl (C=O) groups is 2. The van der Waals surface area contributed by atoms with E-state index in [1.807, 2.05) is 36.4 Å². The van der Waals surface area contributed by atoms with Gasteiger partial charge in [0.25, 0.3) is 11.8 Å². The summed E-state index contributed by atoms with van der Waals surface area (Å²) in [6.07, 6.45) is 0. The molecule has 0 aliphatic heterocycles. The van der Waals surface area contributed by atoms with Gasteiger partial charge in [0.1, 0.15) is 0 Å². The van der Waals surface area contributed by atoms with Crippen LogP contribution in [0.4, 0.5) is 5.69 Å². The van der Waals surface area contributed by atoms with E-state index in [9.17, 15) is 9.59 Å². The highest BCUT2D eigenvalue weighted by Gasteiger charge is 2.15. The second-order valence-electron chi connectivity index (χ2n) is 5.63. The SMILES string of the molecule is NC(=O)c1ccccc1NC(=O)c1ccccc1SCc1ccccc1. The highest BCUT2D eigenvalue weighted by atomic mass is 32.2. The van der Waals surface area contributed by atoms with Crippen LogP contribution < -0.4 is 11.1 Å². The second-order valence-corrected chi connectivity index (χ2v) is 6.65. The van der Waals surface area contributed by atoms with E-state index >= 15 is 0 Å². The third-order valence-electron chi connectivity index (χ3n) is 3.81. The first-order chi connectivity index (χ1) is 12.6. The third kappa shape index (κ3) is 4.32. The fourth-order valence-electron chi connectivity index (χ4n) is 2.51. The van der Waals surface area contributed by atoms with Crippen LogP contribution in [-0.2, 0) is 5.75 Å². The number of thioether (sulfide) groups is 1. The molecule has 0 heterocycles. The van der Waals surface area contributed by atoms with Gasteiger partial charge in [0.15, 0.2) is 0 Å². The molecule has 4 nitrogen and oxygen atoms in total. The lowest BCUT2D eigenvalue weighted by molar-refractivity contribution is 0.100.